The van der Waals surface area contributed by atoms with E-state index in [1.54, 1.807) is 25.3 Å². The average Bonchev–Trinajstić information content (AvgIpc) is 3.38. The van der Waals surface area contributed by atoms with E-state index in [4.69, 9.17) is 23.7 Å². The molecule has 1 heterocycles. The Morgan fingerprint density at radius 2 is 1.79 bits per heavy atom. The molecule has 1 atom stereocenters. The molecule has 1 saturated heterocycles. The van der Waals surface area contributed by atoms with Gasteiger partial charge in [0, 0.05) is 13.2 Å². The first kappa shape index (κ1) is 24.0. The minimum absolute atomic E-state index is 0.00827. The van der Waals surface area contributed by atoms with Crippen LogP contribution in [0.25, 0.3) is 6.08 Å². The van der Waals surface area contributed by atoms with Crippen LogP contribution in [0.5, 0.6) is 23.0 Å². The van der Waals surface area contributed by atoms with Crippen molar-refractivity contribution in [2.75, 3.05) is 40.6 Å². The topological polar surface area (TPSA) is 99.0 Å². The molecule has 33 heavy (non-hydrogen) atoms. The van der Waals surface area contributed by atoms with Crippen molar-refractivity contribution in [3.8, 4) is 29.1 Å². The number of ether oxygens (including phenoxy) is 5. The predicted octanol–water partition coefficient (Wildman–Crippen LogP) is 3.36. The van der Waals surface area contributed by atoms with Crippen molar-refractivity contribution in [1.29, 1.82) is 5.26 Å². The zero-order chi connectivity index (χ0) is 23.5. The number of carbonyl (C=O) groups excluding carboxylic acids is 1. The Kier molecular flexibility index (Phi) is 8.98. The van der Waals surface area contributed by atoms with Crippen molar-refractivity contribution in [3.63, 3.8) is 0 Å². The van der Waals surface area contributed by atoms with Crippen molar-refractivity contribution >= 4 is 12.0 Å². The van der Waals surface area contributed by atoms with Crippen molar-refractivity contribution in [2.24, 2.45) is 0 Å². The average molecular weight is 453 g/mol. The molecule has 1 N–H and O–H groups in total. The Labute approximate surface area is 193 Å². The van der Waals surface area contributed by atoms with E-state index < -0.39 is 5.91 Å². The van der Waals surface area contributed by atoms with Crippen molar-refractivity contribution in [1.82, 2.24) is 5.32 Å². The second-order valence-electron chi connectivity index (χ2n) is 7.27. The van der Waals surface area contributed by atoms with Crippen LogP contribution in [-0.2, 0) is 9.53 Å². The van der Waals surface area contributed by atoms with Crippen LogP contribution in [-0.4, -0.2) is 52.6 Å². The summed E-state index contributed by atoms with van der Waals surface area (Å²) in [6, 6.07) is 14.5. The fourth-order valence-corrected chi connectivity index (χ4v) is 3.36. The van der Waals surface area contributed by atoms with Gasteiger partial charge in [0.15, 0.2) is 23.0 Å². The van der Waals surface area contributed by atoms with E-state index in [1.807, 2.05) is 30.3 Å². The first-order valence-corrected chi connectivity index (χ1v) is 10.7. The Hall–Kier alpha value is -3.70. The van der Waals surface area contributed by atoms with Gasteiger partial charge in [0.05, 0.1) is 20.3 Å². The number of para-hydroxylation sites is 2. The summed E-state index contributed by atoms with van der Waals surface area (Å²) in [5.74, 6) is 1.87. The van der Waals surface area contributed by atoms with E-state index in [9.17, 15) is 10.1 Å². The number of hydrogen-bond donors (Lipinski definition) is 1. The number of carbonyl (C=O) groups is 1. The summed E-state index contributed by atoms with van der Waals surface area (Å²) in [6.45, 7) is 1.71. The highest BCUT2D eigenvalue weighted by Gasteiger charge is 2.18. The third-order valence-electron chi connectivity index (χ3n) is 5.05. The van der Waals surface area contributed by atoms with Gasteiger partial charge in [0.1, 0.15) is 24.9 Å². The fourth-order valence-electron chi connectivity index (χ4n) is 3.36. The maximum Gasteiger partial charge on any atom is 0.262 e. The number of nitrogens with zero attached hydrogens (tertiary/aromatic N) is 1. The van der Waals surface area contributed by atoms with Crippen molar-refractivity contribution in [3.05, 3.63) is 53.6 Å². The maximum atomic E-state index is 12.4. The second kappa shape index (κ2) is 12.4. The molecule has 2 aromatic carbocycles. The fraction of sp³-hybridized carbons (Fsp3) is 0.360. The molecule has 174 valence electrons. The number of benzene rings is 2. The SMILES string of the molecule is COc1ccccc1OCCOc1ccc(/C=C(\C#N)C(=O)NC[C@@H]2CCCO2)cc1OC. The zero-order valence-electron chi connectivity index (χ0n) is 18.8. The summed E-state index contributed by atoms with van der Waals surface area (Å²) in [7, 11) is 3.12. The lowest BCUT2D eigenvalue weighted by Gasteiger charge is -2.13. The van der Waals surface area contributed by atoms with E-state index in [2.05, 4.69) is 5.32 Å². The van der Waals surface area contributed by atoms with Gasteiger partial charge >= 0.3 is 0 Å². The molecule has 3 rings (SSSR count). The largest absolute Gasteiger partial charge is 0.493 e. The normalized spacial score (nSPS) is 15.4. The van der Waals surface area contributed by atoms with Crippen molar-refractivity contribution in [2.45, 2.75) is 18.9 Å². The van der Waals surface area contributed by atoms with E-state index >= 15 is 0 Å². The molecule has 0 radical (unpaired) electrons. The third-order valence-corrected chi connectivity index (χ3v) is 5.05. The first-order valence-electron chi connectivity index (χ1n) is 10.7. The third kappa shape index (κ3) is 6.89. The van der Waals surface area contributed by atoms with Crippen LogP contribution in [0, 0.1) is 11.3 Å². The zero-order valence-corrected chi connectivity index (χ0v) is 18.8. The minimum Gasteiger partial charge on any atom is -0.493 e. The molecule has 0 unspecified atom stereocenters. The van der Waals surface area contributed by atoms with Crippen LogP contribution < -0.4 is 24.3 Å². The predicted molar refractivity (Wildman–Crippen MR) is 123 cm³/mol. The molecule has 1 aliphatic rings. The number of nitriles is 1. The van der Waals surface area contributed by atoms with Gasteiger partial charge < -0.3 is 29.0 Å². The lowest BCUT2D eigenvalue weighted by Crippen LogP contribution is -2.32. The molecule has 8 nitrogen and oxygen atoms in total. The summed E-state index contributed by atoms with van der Waals surface area (Å²) in [4.78, 5) is 12.4. The molecule has 0 aromatic heterocycles. The van der Waals surface area contributed by atoms with Crippen LogP contribution >= 0.6 is 0 Å². The smallest absolute Gasteiger partial charge is 0.262 e. The van der Waals surface area contributed by atoms with Crippen LogP contribution in [0.1, 0.15) is 18.4 Å². The van der Waals surface area contributed by atoms with Gasteiger partial charge in [0.25, 0.3) is 5.91 Å². The van der Waals surface area contributed by atoms with Crippen LogP contribution in [0.15, 0.2) is 48.0 Å². The van der Waals surface area contributed by atoms with Gasteiger partial charge in [-0.1, -0.05) is 18.2 Å². The first-order chi connectivity index (χ1) is 16.1. The number of methoxy groups -OCH3 is 2. The van der Waals surface area contributed by atoms with Gasteiger partial charge in [-0.2, -0.15) is 5.26 Å². The molecule has 1 aliphatic heterocycles. The molecule has 1 amide bonds. The highest BCUT2D eigenvalue weighted by Crippen LogP contribution is 2.29. The van der Waals surface area contributed by atoms with Crippen LogP contribution in [0.4, 0.5) is 0 Å². The van der Waals surface area contributed by atoms with Gasteiger partial charge in [0.2, 0.25) is 0 Å². The van der Waals surface area contributed by atoms with Crippen molar-refractivity contribution < 1.29 is 28.5 Å². The quantitative estimate of drug-likeness (QED) is 0.317. The summed E-state index contributed by atoms with van der Waals surface area (Å²) >= 11 is 0. The molecular weight excluding hydrogens is 424 g/mol. The number of amides is 1. The molecule has 8 heteroatoms. The summed E-state index contributed by atoms with van der Waals surface area (Å²) in [5, 5.41) is 12.2. The lowest BCUT2D eigenvalue weighted by molar-refractivity contribution is -0.117. The van der Waals surface area contributed by atoms with E-state index in [-0.39, 0.29) is 11.7 Å². The Morgan fingerprint density at radius 1 is 1.09 bits per heavy atom. The molecule has 2 aromatic rings. The second-order valence-corrected chi connectivity index (χ2v) is 7.27. The maximum absolute atomic E-state index is 12.4. The van der Waals surface area contributed by atoms with Gasteiger partial charge in [-0.15, -0.1) is 0 Å². The summed E-state index contributed by atoms with van der Waals surface area (Å²) < 4.78 is 27.7. The number of hydrogen-bond acceptors (Lipinski definition) is 7. The highest BCUT2D eigenvalue weighted by atomic mass is 16.5. The lowest BCUT2D eigenvalue weighted by atomic mass is 10.1. The Balaban J connectivity index is 1.57. The Morgan fingerprint density at radius 3 is 2.42 bits per heavy atom. The molecule has 0 spiro atoms. The Bertz CT molecular complexity index is 1010. The highest BCUT2D eigenvalue weighted by molar-refractivity contribution is 6.01. The molecular formula is C25H28N2O6. The molecule has 1 fully saturated rings. The molecule has 0 saturated carbocycles. The van der Waals surface area contributed by atoms with Gasteiger partial charge in [-0.3, -0.25) is 4.79 Å². The van der Waals surface area contributed by atoms with E-state index in [0.717, 1.165) is 12.8 Å². The minimum atomic E-state index is -0.430. The van der Waals surface area contributed by atoms with Crippen LogP contribution in [0.2, 0.25) is 0 Å². The summed E-state index contributed by atoms with van der Waals surface area (Å²) in [5.41, 5.74) is 0.655. The van der Waals surface area contributed by atoms with Crippen LogP contribution in [0.3, 0.4) is 0 Å². The van der Waals surface area contributed by atoms with E-state index in [1.165, 1.54) is 13.2 Å². The standard InChI is InChI=1S/C25H28N2O6/c1-29-21-7-3-4-8-22(21)32-12-13-33-23-10-9-18(15-24(23)30-2)14-19(16-26)25(28)27-17-20-6-5-11-31-20/h3-4,7-10,14-15,20H,5-6,11-13,17H2,1-2H3,(H,27,28)/b19-14+/t20-/m0/s1. The summed E-state index contributed by atoms with van der Waals surface area (Å²) in [6.07, 6.45) is 3.43. The van der Waals surface area contributed by atoms with Gasteiger partial charge in [-0.05, 0) is 48.7 Å². The number of nitrogens with one attached hydrogen (secondary N) is 1. The monoisotopic (exact) mass is 452 g/mol. The van der Waals surface area contributed by atoms with E-state index in [0.29, 0.717) is 54.9 Å². The molecule has 0 aliphatic carbocycles. The molecule has 0 bridgehead atoms. The number of rotatable bonds is 11. The van der Waals surface area contributed by atoms with Gasteiger partial charge in [-0.25, -0.2) is 0 Å².